The Morgan fingerprint density at radius 1 is 1.16 bits per heavy atom. The maximum atomic E-state index is 12.6. The van der Waals surface area contributed by atoms with Gasteiger partial charge in [-0.2, -0.15) is 5.26 Å². The first-order chi connectivity index (χ1) is 11.6. The highest BCUT2D eigenvalue weighted by Gasteiger charge is 2.43. The monoisotopic (exact) mass is 354 g/mol. The minimum atomic E-state index is -4.69. The zero-order valence-electron chi connectivity index (χ0n) is 15.0. The highest BCUT2D eigenvalue weighted by atomic mass is 19.4. The summed E-state index contributed by atoms with van der Waals surface area (Å²) in [6, 6.07) is 8.60. The summed E-state index contributed by atoms with van der Waals surface area (Å²) >= 11 is 0. The molecule has 2 rings (SSSR count). The summed E-state index contributed by atoms with van der Waals surface area (Å²) in [5.41, 5.74) is 0.509. The molecule has 1 fully saturated rings. The Labute approximate surface area is 147 Å². The number of benzene rings is 1. The van der Waals surface area contributed by atoms with Crippen LogP contribution in [0.15, 0.2) is 24.3 Å². The Balaban J connectivity index is 2.07. The van der Waals surface area contributed by atoms with Gasteiger partial charge in [-0.25, -0.2) is 0 Å². The van der Waals surface area contributed by atoms with Gasteiger partial charge in [0.15, 0.2) is 0 Å². The van der Waals surface area contributed by atoms with E-state index in [9.17, 15) is 18.4 Å². The maximum absolute atomic E-state index is 12.6. The summed E-state index contributed by atoms with van der Waals surface area (Å²) in [6.45, 7) is 8.42. The number of para-hydroxylation sites is 1. The van der Waals surface area contributed by atoms with Crippen molar-refractivity contribution in [3.05, 3.63) is 29.8 Å². The van der Waals surface area contributed by atoms with Gasteiger partial charge < -0.3 is 4.74 Å². The molecule has 3 nitrogen and oxygen atoms in total. The van der Waals surface area contributed by atoms with Gasteiger partial charge in [0.05, 0.1) is 6.07 Å². The molecule has 0 N–H and O–H groups in total. The molecule has 0 bridgehead atoms. The first-order valence-electron chi connectivity index (χ1n) is 8.49. The molecule has 0 atom stereocenters. The smallest absolute Gasteiger partial charge is 0.405 e. The lowest BCUT2D eigenvalue weighted by atomic mass is 9.60. The molecule has 6 heteroatoms. The fourth-order valence-corrected chi connectivity index (χ4v) is 3.58. The van der Waals surface area contributed by atoms with Gasteiger partial charge in [-0.15, -0.1) is 13.2 Å². The number of halogens is 3. The molecule has 0 amide bonds. The molecule has 1 aliphatic heterocycles. The number of nitriles is 1. The fourth-order valence-electron chi connectivity index (χ4n) is 3.58. The van der Waals surface area contributed by atoms with Crippen molar-refractivity contribution >= 4 is 0 Å². The molecule has 25 heavy (non-hydrogen) atoms. The Morgan fingerprint density at radius 3 is 2.28 bits per heavy atom. The molecular weight excluding hydrogens is 329 g/mol. The Kier molecular flexibility index (Phi) is 5.68. The highest BCUT2D eigenvalue weighted by molar-refractivity contribution is 5.33. The lowest BCUT2D eigenvalue weighted by Gasteiger charge is -2.49. The van der Waals surface area contributed by atoms with Gasteiger partial charge in [0.1, 0.15) is 5.75 Å². The van der Waals surface area contributed by atoms with E-state index in [1.165, 1.54) is 6.07 Å². The summed E-state index contributed by atoms with van der Waals surface area (Å²) in [6.07, 6.45) is -2.44. The van der Waals surface area contributed by atoms with E-state index in [0.717, 1.165) is 25.9 Å². The third kappa shape index (κ3) is 4.88. The highest BCUT2D eigenvalue weighted by Crippen LogP contribution is 2.49. The van der Waals surface area contributed by atoms with Crippen molar-refractivity contribution in [2.45, 2.75) is 52.9 Å². The molecule has 0 saturated carbocycles. The van der Waals surface area contributed by atoms with Gasteiger partial charge in [-0.05, 0) is 42.8 Å². The quantitative estimate of drug-likeness (QED) is 0.752. The summed E-state index contributed by atoms with van der Waals surface area (Å²) in [5, 5.41) is 9.21. The zero-order chi connectivity index (χ0) is 18.7. The van der Waals surface area contributed by atoms with Crippen molar-refractivity contribution < 1.29 is 17.9 Å². The minimum absolute atomic E-state index is 0.0200. The van der Waals surface area contributed by atoms with Crippen LogP contribution in [0.3, 0.4) is 0 Å². The van der Waals surface area contributed by atoms with Gasteiger partial charge in [0.2, 0.25) is 0 Å². The zero-order valence-corrected chi connectivity index (χ0v) is 15.0. The van der Waals surface area contributed by atoms with E-state index in [1.807, 2.05) is 0 Å². The van der Waals surface area contributed by atoms with Crippen molar-refractivity contribution in [3.63, 3.8) is 0 Å². The predicted molar refractivity (Wildman–Crippen MR) is 89.8 cm³/mol. The molecule has 0 aromatic heterocycles. The van der Waals surface area contributed by atoms with E-state index >= 15 is 0 Å². The molecule has 1 saturated heterocycles. The summed E-state index contributed by atoms with van der Waals surface area (Å²) < 4.78 is 41.8. The van der Waals surface area contributed by atoms with Crippen LogP contribution < -0.4 is 4.74 Å². The molecule has 0 unspecified atom stereocenters. The maximum Gasteiger partial charge on any atom is 0.573 e. The normalized spacial score (nSPS) is 18.6. The molecular formula is C19H25F3N2O. The average molecular weight is 354 g/mol. The predicted octanol–water partition coefficient (Wildman–Crippen LogP) is 5.13. The number of hydrogen-bond donors (Lipinski definition) is 0. The molecule has 1 aromatic carbocycles. The van der Waals surface area contributed by atoms with E-state index in [4.69, 9.17) is 0 Å². The third-order valence-electron chi connectivity index (χ3n) is 5.41. The third-order valence-corrected chi connectivity index (χ3v) is 5.41. The van der Waals surface area contributed by atoms with Crippen LogP contribution in [0.4, 0.5) is 13.2 Å². The molecule has 0 radical (unpaired) electrons. The van der Waals surface area contributed by atoms with Gasteiger partial charge in [0.25, 0.3) is 0 Å². The molecule has 1 aromatic rings. The first-order valence-corrected chi connectivity index (χ1v) is 8.49. The van der Waals surface area contributed by atoms with Crippen molar-refractivity contribution in [2.75, 3.05) is 13.1 Å². The van der Waals surface area contributed by atoms with Gasteiger partial charge in [-0.1, -0.05) is 39.0 Å². The topological polar surface area (TPSA) is 36.3 Å². The van der Waals surface area contributed by atoms with Crippen LogP contribution in [0.25, 0.3) is 0 Å². The largest absolute Gasteiger partial charge is 0.573 e. The molecule has 1 aliphatic rings. The minimum Gasteiger partial charge on any atom is -0.405 e. The van der Waals surface area contributed by atoms with Crippen LogP contribution in [-0.4, -0.2) is 24.4 Å². The standard InChI is InChI=1S/C19H25F3N2O/c1-17(2,3)18(8-11-23)9-12-24(13-10-18)14-15-6-4-5-7-16(15)25-19(20,21)22/h4-7H,8-10,12-14H2,1-3H3. The lowest BCUT2D eigenvalue weighted by molar-refractivity contribution is -0.275. The summed E-state index contributed by atoms with van der Waals surface area (Å²) in [7, 11) is 0. The van der Waals surface area contributed by atoms with Crippen LogP contribution in [0.5, 0.6) is 5.75 Å². The summed E-state index contributed by atoms with van der Waals surface area (Å²) in [5.74, 6) is -0.139. The molecule has 1 heterocycles. The van der Waals surface area contributed by atoms with Gasteiger partial charge in [-0.3, -0.25) is 4.90 Å². The average Bonchev–Trinajstić information content (AvgIpc) is 2.49. The Hall–Kier alpha value is -1.74. The molecule has 0 aliphatic carbocycles. The van der Waals surface area contributed by atoms with Crippen LogP contribution in [-0.2, 0) is 6.54 Å². The van der Waals surface area contributed by atoms with Crippen molar-refractivity contribution in [3.8, 4) is 11.8 Å². The second-order valence-corrected chi connectivity index (χ2v) is 7.80. The van der Waals surface area contributed by atoms with E-state index in [1.54, 1.807) is 18.2 Å². The second kappa shape index (κ2) is 7.25. The number of alkyl halides is 3. The first kappa shape index (κ1) is 19.6. The van der Waals surface area contributed by atoms with Crippen molar-refractivity contribution in [1.82, 2.24) is 4.90 Å². The Morgan fingerprint density at radius 2 is 1.76 bits per heavy atom. The SMILES string of the molecule is CC(C)(C)C1(CC#N)CCN(Cc2ccccc2OC(F)(F)F)CC1. The van der Waals surface area contributed by atoms with Crippen molar-refractivity contribution in [2.24, 2.45) is 10.8 Å². The number of rotatable bonds is 4. The van der Waals surface area contributed by atoms with E-state index in [-0.39, 0.29) is 16.6 Å². The number of ether oxygens (including phenoxy) is 1. The summed E-state index contributed by atoms with van der Waals surface area (Å²) in [4.78, 5) is 2.14. The van der Waals surface area contributed by atoms with E-state index in [0.29, 0.717) is 18.5 Å². The van der Waals surface area contributed by atoms with Crippen molar-refractivity contribution in [1.29, 1.82) is 5.26 Å². The lowest BCUT2D eigenvalue weighted by Crippen LogP contribution is -2.46. The van der Waals surface area contributed by atoms with Gasteiger partial charge in [0, 0.05) is 18.5 Å². The molecule has 138 valence electrons. The number of nitrogens with zero attached hydrogens (tertiary/aromatic N) is 2. The van der Waals surface area contributed by atoms with Crippen LogP contribution in [0.2, 0.25) is 0 Å². The van der Waals surface area contributed by atoms with Crippen LogP contribution in [0.1, 0.15) is 45.6 Å². The van der Waals surface area contributed by atoms with Gasteiger partial charge >= 0.3 is 6.36 Å². The fraction of sp³-hybridized carbons (Fsp3) is 0.632. The number of hydrogen-bond acceptors (Lipinski definition) is 3. The van der Waals surface area contributed by atoms with Crippen LogP contribution >= 0.6 is 0 Å². The Bertz CT molecular complexity index is 621. The van der Waals surface area contributed by atoms with E-state index in [2.05, 4.69) is 36.5 Å². The van der Waals surface area contributed by atoms with E-state index < -0.39 is 6.36 Å². The molecule has 0 spiro atoms. The number of piperidine rings is 1. The second-order valence-electron chi connectivity index (χ2n) is 7.80. The number of likely N-dealkylation sites (tertiary alicyclic amines) is 1. The van der Waals surface area contributed by atoms with Crippen LogP contribution in [0, 0.1) is 22.2 Å².